The second-order valence-corrected chi connectivity index (χ2v) is 5.64. The molecule has 6 heteroatoms. The number of methoxy groups -OCH3 is 1. The Labute approximate surface area is 144 Å². The molecule has 3 rings (SSSR count). The van der Waals surface area contributed by atoms with Gasteiger partial charge in [0.2, 0.25) is 0 Å². The molecule has 0 aliphatic heterocycles. The molecule has 25 heavy (non-hydrogen) atoms. The molecule has 2 aromatic carbocycles. The topological polar surface area (TPSA) is 70.4 Å². The molecule has 0 aliphatic rings. The zero-order chi connectivity index (χ0) is 17.8. The van der Waals surface area contributed by atoms with Gasteiger partial charge in [0.25, 0.3) is 5.56 Å². The van der Waals surface area contributed by atoms with Gasteiger partial charge in [0.1, 0.15) is 0 Å². The summed E-state index contributed by atoms with van der Waals surface area (Å²) in [5.41, 5.74) is 1.47. The summed E-state index contributed by atoms with van der Waals surface area (Å²) in [5, 5.41) is 0.526. The SMILES string of the molecule is COc1cc(C)ccc1OC(=O)CCn1cnc2ccccc2c1=O. The van der Waals surface area contributed by atoms with Crippen molar-refractivity contribution in [1.29, 1.82) is 0 Å². The lowest BCUT2D eigenvalue weighted by molar-refractivity contribution is -0.134. The van der Waals surface area contributed by atoms with Crippen LogP contribution in [0, 0.1) is 6.92 Å². The lowest BCUT2D eigenvalue weighted by Crippen LogP contribution is -2.23. The minimum absolute atomic E-state index is 0.0525. The van der Waals surface area contributed by atoms with Gasteiger partial charge in [-0.05, 0) is 36.8 Å². The first kappa shape index (κ1) is 16.7. The van der Waals surface area contributed by atoms with Crippen LogP contribution < -0.4 is 15.0 Å². The van der Waals surface area contributed by atoms with E-state index in [2.05, 4.69) is 4.98 Å². The Bertz CT molecular complexity index is 979. The normalized spacial score (nSPS) is 10.6. The molecule has 0 fully saturated rings. The van der Waals surface area contributed by atoms with E-state index in [0.29, 0.717) is 22.4 Å². The van der Waals surface area contributed by atoms with Crippen LogP contribution in [-0.4, -0.2) is 22.6 Å². The maximum absolute atomic E-state index is 12.4. The summed E-state index contributed by atoms with van der Waals surface area (Å²) in [4.78, 5) is 28.7. The Kier molecular flexibility index (Phi) is 4.79. The molecule has 0 atom stereocenters. The summed E-state index contributed by atoms with van der Waals surface area (Å²) in [5.74, 6) is 0.419. The summed E-state index contributed by atoms with van der Waals surface area (Å²) < 4.78 is 12.0. The van der Waals surface area contributed by atoms with Crippen LogP contribution >= 0.6 is 0 Å². The molecule has 0 unspecified atom stereocenters. The van der Waals surface area contributed by atoms with Crippen LogP contribution in [0.1, 0.15) is 12.0 Å². The predicted molar refractivity (Wildman–Crippen MR) is 94.0 cm³/mol. The molecule has 1 aromatic heterocycles. The number of benzene rings is 2. The summed E-state index contributed by atoms with van der Waals surface area (Å²) in [6, 6.07) is 12.4. The summed E-state index contributed by atoms with van der Waals surface area (Å²) >= 11 is 0. The number of carbonyl (C=O) groups is 1. The highest BCUT2D eigenvalue weighted by Gasteiger charge is 2.11. The molecular weight excluding hydrogens is 320 g/mol. The number of carbonyl (C=O) groups excluding carboxylic acids is 1. The average Bonchev–Trinajstić information content (AvgIpc) is 2.63. The quantitative estimate of drug-likeness (QED) is 0.528. The van der Waals surface area contributed by atoms with Crippen molar-refractivity contribution in [3.63, 3.8) is 0 Å². The maximum Gasteiger partial charge on any atom is 0.313 e. The lowest BCUT2D eigenvalue weighted by Gasteiger charge is -2.10. The van der Waals surface area contributed by atoms with Gasteiger partial charge in [-0.3, -0.25) is 14.2 Å². The minimum Gasteiger partial charge on any atom is -0.493 e. The van der Waals surface area contributed by atoms with Crippen molar-refractivity contribution in [2.45, 2.75) is 19.9 Å². The fraction of sp³-hybridized carbons (Fsp3) is 0.211. The molecule has 0 spiro atoms. The standard InChI is InChI=1S/C19H18N2O4/c1-13-7-8-16(17(11-13)24-2)25-18(22)9-10-21-12-20-15-6-4-3-5-14(15)19(21)23/h3-8,11-12H,9-10H2,1-2H3. The number of fused-ring (bicyclic) bond motifs is 1. The zero-order valence-corrected chi connectivity index (χ0v) is 14.1. The van der Waals surface area contributed by atoms with Crippen LogP contribution in [0.3, 0.4) is 0 Å². The van der Waals surface area contributed by atoms with Gasteiger partial charge >= 0.3 is 5.97 Å². The van der Waals surface area contributed by atoms with Crippen molar-refractivity contribution in [1.82, 2.24) is 9.55 Å². The molecule has 0 aliphatic carbocycles. The number of hydrogen-bond donors (Lipinski definition) is 0. The highest BCUT2D eigenvalue weighted by atomic mass is 16.6. The van der Waals surface area contributed by atoms with E-state index in [0.717, 1.165) is 5.56 Å². The van der Waals surface area contributed by atoms with E-state index < -0.39 is 5.97 Å². The van der Waals surface area contributed by atoms with Crippen molar-refractivity contribution < 1.29 is 14.3 Å². The van der Waals surface area contributed by atoms with E-state index in [4.69, 9.17) is 9.47 Å². The highest BCUT2D eigenvalue weighted by Crippen LogP contribution is 2.28. The van der Waals surface area contributed by atoms with Crippen molar-refractivity contribution in [3.05, 3.63) is 64.7 Å². The molecule has 1 heterocycles. The van der Waals surface area contributed by atoms with Gasteiger partial charge in [-0.2, -0.15) is 0 Å². The molecule has 0 bridgehead atoms. The van der Waals surface area contributed by atoms with E-state index >= 15 is 0 Å². The van der Waals surface area contributed by atoms with Crippen molar-refractivity contribution in [3.8, 4) is 11.5 Å². The van der Waals surface area contributed by atoms with Crippen LogP contribution in [0.4, 0.5) is 0 Å². The number of aryl methyl sites for hydroxylation is 2. The smallest absolute Gasteiger partial charge is 0.313 e. The van der Waals surface area contributed by atoms with Crippen molar-refractivity contribution >= 4 is 16.9 Å². The van der Waals surface area contributed by atoms with Gasteiger partial charge in [0.05, 0.1) is 30.8 Å². The van der Waals surface area contributed by atoms with Gasteiger partial charge < -0.3 is 9.47 Å². The van der Waals surface area contributed by atoms with E-state index in [-0.39, 0.29) is 18.5 Å². The molecular formula is C19H18N2O4. The third kappa shape index (κ3) is 3.68. The number of ether oxygens (including phenoxy) is 2. The van der Waals surface area contributed by atoms with E-state index in [1.165, 1.54) is 18.0 Å². The van der Waals surface area contributed by atoms with Crippen molar-refractivity contribution in [2.24, 2.45) is 0 Å². The summed E-state index contributed by atoms with van der Waals surface area (Å²) in [6.07, 6.45) is 1.50. The fourth-order valence-corrected chi connectivity index (χ4v) is 2.51. The number of para-hydroxylation sites is 1. The summed E-state index contributed by atoms with van der Waals surface area (Å²) in [7, 11) is 1.52. The zero-order valence-electron chi connectivity index (χ0n) is 14.1. The van der Waals surface area contributed by atoms with Gasteiger partial charge in [-0.15, -0.1) is 0 Å². The first-order valence-electron chi connectivity index (χ1n) is 7.88. The third-order valence-corrected chi connectivity index (χ3v) is 3.83. The van der Waals surface area contributed by atoms with E-state index in [1.807, 2.05) is 19.1 Å². The number of esters is 1. The molecule has 0 saturated carbocycles. The van der Waals surface area contributed by atoms with Crippen molar-refractivity contribution in [2.75, 3.05) is 7.11 Å². The molecule has 0 radical (unpaired) electrons. The van der Waals surface area contributed by atoms with Gasteiger partial charge in [0, 0.05) is 6.54 Å². The summed E-state index contributed by atoms with van der Waals surface area (Å²) in [6.45, 7) is 2.12. The van der Waals surface area contributed by atoms with Crippen LogP contribution in [0.25, 0.3) is 10.9 Å². The number of nitrogens with zero attached hydrogens (tertiary/aromatic N) is 2. The van der Waals surface area contributed by atoms with E-state index in [9.17, 15) is 9.59 Å². The molecule has 0 N–H and O–H groups in total. The monoisotopic (exact) mass is 338 g/mol. The molecule has 6 nitrogen and oxygen atoms in total. The number of rotatable bonds is 5. The Morgan fingerprint density at radius 2 is 1.96 bits per heavy atom. The number of aromatic nitrogens is 2. The fourth-order valence-electron chi connectivity index (χ4n) is 2.51. The highest BCUT2D eigenvalue weighted by molar-refractivity contribution is 5.77. The van der Waals surface area contributed by atoms with Crippen LogP contribution in [0.5, 0.6) is 11.5 Å². The Morgan fingerprint density at radius 1 is 1.16 bits per heavy atom. The molecule has 0 saturated heterocycles. The predicted octanol–water partition coefficient (Wildman–Crippen LogP) is 2.71. The Balaban J connectivity index is 1.71. The third-order valence-electron chi connectivity index (χ3n) is 3.83. The Hall–Kier alpha value is -3.15. The van der Waals surface area contributed by atoms with Crippen LogP contribution in [0.15, 0.2) is 53.6 Å². The average molecular weight is 338 g/mol. The second kappa shape index (κ2) is 7.17. The lowest BCUT2D eigenvalue weighted by atomic mass is 10.2. The van der Waals surface area contributed by atoms with Gasteiger partial charge in [-0.25, -0.2) is 4.98 Å². The molecule has 128 valence electrons. The first-order chi connectivity index (χ1) is 12.1. The molecule has 0 amide bonds. The largest absolute Gasteiger partial charge is 0.493 e. The molecule has 3 aromatic rings. The van der Waals surface area contributed by atoms with Gasteiger partial charge in [-0.1, -0.05) is 18.2 Å². The van der Waals surface area contributed by atoms with Crippen LogP contribution in [0.2, 0.25) is 0 Å². The number of hydrogen-bond acceptors (Lipinski definition) is 5. The minimum atomic E-state index is -0.442. The van der Waals surface area contributed by atoms with Crippen LogP contribution in [-0.2, 0) is 11.3 Å². The maximum atomic E-state index is 12.4. The second-order valence-electron chi connectivity index (χ2n) is 5.64. The Morgan fingerprint density at radius 3 is 2.76 bits per heavy atom. The van der Waals surface area contributed by atoms with E-state index in [1.54, 1.807) is 30.3 Å². The van der Waals surface area contributed by atoms with Gasteiger partial charge in [0.15, 0.2) is 11.5 Å². The first-order valence-corrected chi connectivity index (χ1v) is 7.88.